The standard InChI is InChI=1S/C14H22ClNO/c1-2-3-4-5-6-10-17-11-12-13(15)8-7-9-14(12)16/h7-9H,2-6,10-11,16H2,1H3. The first-order valence-corrected chi connectivity index (χ1v) is 6.74. The summed E-state index contributed by atoms with van der Waals surface area (Å²) in [5, 5.41) is 0.691. The van der Waals surface area contributed by atoms with E-state index in [0.29, 0.717) is 17.3 Å². The molecule has 0 aliphatic heterocycles. The van der Waals surface area contributed by atoms with E-state index in [-0.39, 0.29) is 0 Å². The summed E-state index contributed by atoms with van der Waals surface area (Å²) in [4.78, 5) is 0. The Kier molecular flexibility index (Phi) is 7.06. The number of nitrogen functional groups attached to an aromatic ring is 1. The lowest BCUT2D eigenvalue weighted by Gasteiger charge is -2.08. The van der Waals surface area contributed by atoms with Crippen LogP contribution in [0.5, 0.6) is 0 Å². The highest BCUT2D eigenvalue weighted by atomic mass is 35.5. The molecule has 0 aliphatic carbocycles. The number of ether oxygens (including phenoxy) is 1. The maximum absolute atomic E-state index is 6.05. The fourth-order valence-corrected chi connectivity index (χ4v) is 1.95. The average Bonchev–Trinajstić information content (AvgIpc) is 2.31. The summed E-state index contributed by atoms with van der Waals surface area (Å²) in [6, 6.07) is 5.55. The molecule has 0 aliphatic rings. The third-order valence-corrected chi connectivity index (χ3v) is 3.15. The Morgan fingerprint density at radius 2 is 1.94 bits per heavy atom. The molecule has 0 aromatic heterocycles. The van der Waals surface area contributed by atoms with Gasteiger partial charge in [-0.15, -0.1) is 0 Å². The van der Waals surface area contributed by atoms with Crippen LogP contribution in [0.1, 0.15) is 44.6 Å². The fraction of sp³-hybridized carbons (Fsp3) is 0.571. The zero-order valence-corrected chi connectivity index (χ0v) is 11.3. The number of hydrogen-bond donors (Lipinski definition) is 1. The molecule has 0 fully saturated rings. The molecule has 0 bridgehead atoms. The van der Waals surface area contributed by atoms with Gasteiger partial charge in [0.25, 0.3) is 0 Å². The van der Waals surface area contributed by atoms with Gasteiger partial charge in [0.05, 0.1) is 6.61 Å². The minimum Gasteiger partial charge on any atom is -0.398 e. The predicted octanol–water partition coefficient (Wildman–Crippen LogP) is 4.41. The van der Waals surface area contributed by atoms with Crippen LogP contribution >= 0.6 is 11.6 Å². The molecule has 0 saturated carbocycles. The molecular weight excluding hydrogens is 234 g/mol. The van der Waals surface area contributed by atoms with Gasteiger partial charge in [-0.1, -0.05) is 50.3 Å². The van der Waals surface area contributed by atoms with E-state index in [9.17, 15) is 0 Å². The Bertz CT molecular complexity index is 308. The van der Waals surface area contributed by atoms with Crippen molar-refractivity contribution in [2.45, 2.75) is 45.6 Å². The van der Waals surface area contributed by atoms with Gasteiger partial charge in [0.1, 0.15) is 0 Å². The maximum Gasteiger partial charge on any atom is 0.0751 e. The van der Waals surface area contributed by atoms with Gasteiger partial charge in [-0.25, -0.2) is 0 Å². The quantitative estimate of drug-likeness (QED) is 0.552. The molecule has 1 rings (SSSR count). The van der Waals surface area contributed by atoms with Gasteiger partial charge >= 0.3 is 0 Å². The number of anilines is 1. The molecule has 1 aromatic carbocycles. The number of benzene rings is 1. The van der Waals surface area contributed by atoms with E-state index in [0.717, 1.165) is 18.6 Å². The van der Waals surface area contributed by atoms with Gasteiger partial charge in [-0.3, -0.25) is 0 Å². The van der Waals surface area contributed by atoms with Gasteiger partial charge in [0, 0.05) is 22.9 Å². The number of rotatable bonds is 8. The van der Waals surface area contributed by atoms with Crippen LogP contribution in [0.3, 0.4) is 0 Å². The summed E-state index contributed by atoms with van der Waals surface area (Å²) < 4.78 is 5.60. The summed E-state index contributed by atoms with van der Waals surface area (Å²) in [7, 11) is 0. The SMILES string of the molecule is CCCCCCCOCc1c(N)cccc1Cl. The van der Waals surface area contributed by atoms with Gasteiger partial charge in [-0.05, 0) is 18.6 Å². The number of nitrogens with two attached hydrogens (primary N) is 1. The van der Waals surface area contributed by atoms with Gasteiger partial charge < -0.3 is 10.5 Å². The molecule has 17 heavy (non-hydrogen) atoms. The largest absolute Gasteiger partial charge is 0.398 e. The Morgan fingerprint density at radius 1 is 1.18 bits per heavy atom. The van der Waals surface area contributed by atoms with Crippen LogP contribution in [0, 0.1) is 0 Å². The maximum atomic E-state index is 6.05. The second-order valence-corrected chi connectivity index (χ2v) is 4.68. The summed E-state index contributed by atoms with van der Waals surface area (Å²) in [6.45, 7) is 3.52. The van der Waals surface area contributed by atoms with E-state index >= 15 is 0 Å². The molecule has 0 unspecified atom stereocenters. The van der Waals surface area contributed by atoms with E-state index in [4.69, 9.17) is 22.1 Å². The number of halogens is 1. The zero-order chi connectivity index (χ0) is 12.5. The van der Waals surface area contributed by atoms with Crippen LogP contribution in [0.4, 0.5) is 5.69 Å². The Hall–Kier alpha value is -0.730. The Balaban J connectivity index is 2.18. The van der Waals surface area contributed by atoms with Gasteiger partial charge in [0.2, 0.25) is 0 Å². The van der Waals surface area contributed by atoms with E-state index in [1.807, 2.05) is 18.2 Å². The summed E-state index contributed by atoms with van der Waals surface area (Å²) in [5.41, 5.74) is 7.45. The highest BCUT2D eigenvalue weighted by Gasteiger charge is 2.03. The summed E-state index contributed by atoms with van der Waals surface area (Å²) in [5.74, 6) is 0. The highest BCUT2D eigenvalue weighted by Crippen LogP contribution is 2.22. The predicted molar refractivity (Wildman–Crippen MR) is 74.3 cm³/mol. The van der Waals surface area contributed by atoms with Crippen LogP contribution in [0.25, 0.3) is 0 Å². The lowest BCUT2D eigenvalue weighted by Crippen LogP contribution is -2.00. The Labute approximate surface area is 109 Å². The van der Waals surface area contributed by atoms with Crippen molar-refractivity contribution in [3.8, 4) is 0 Å². The molecule has 2 nitrogen and oxygen atoms in total. The number of hydrogen-bond acceptors (Lipinski definition) is 2. The van der Waals surface area contributed by atoms with Crippen LogP contribution < -0.4 is 5.73 Å². The molecule has 96 valence electrons. The third-order valence-electron chi connectivity index (χ3n) is 2.79. The van der Waals surface area contributed by atoms with Gasteiger partial charge in [0.15, 0.2) is 0 Å². The van der Waals surface area contributed by atoms with E-state index in [1.54, 1.807) is 0 Å². The molecule has 1 aromatic rings. The van der Waals surface area contributed by atoms with E-state index in [1.165, 1.54) is 25.7 Å². The van der Waals surface area contributed by atoms with Crippen molar-refractivity contribution in [2.75, 3.05) is 12.3 Å². The van der Waals surface area contributed by atoms with Crippen molar-refractivity contribution in [1.82, 2.24) is 0 Å². The molecule has 0 radical (unpaired) electrons. The van der Waals surface area contributed by atoms with Crippen molar-refractivity contribution >= 4 is 17.3 Å². The van der Waals surface area contributed by atoms with Crippen molar-refractivity contribution in [1.29, 1.82) is 0 Å². The first kappa shape index (κ1) is 14.3. The van der Waals surface area contributed by atoms with Crippen LogP contribution in [0.2, 0.25) is 5.02 Å². The number of unbranched alkanes of at least 4 members (excludes halogenated alkanes) is 4. The second-order valence-electron chi connectivity index (χ2n) is 4.27. The lowest BCUT2D eigenvalue weighted by molar-refractivity contribution is 0.117. The van der Waals surface area contributed by atoms with E-state index < -0.39 is 0 Å². The summed E-state index contributed by atoms with van der Waals surface area (Å²) in [6.07, 6.45) is 6.25. The first-order valence-electron chi connectivity index (χ1n) is 6.36. The summed E-state index contributed by atoms with van der Waals surface area (Å²) >= 11 is 6.05. The lowest BCUT2D eigenvalue weighted by atomic mass is 10.1. The molecule has 0 heterocycles. The van der Waals surface area contributed by atoms with E-state index in [2.05, 4.69) is 6.92 Å². The molecular formula is C14H22ClNO. The average molecular weight is 256 g/mol. The second kappa shape index (κ2) is 8.37. The Morgan fingerprint density at radius 3 is 2.65 bits per heavy atom. The van der Waals surface area contributed by atoms with Crippen molar-refractivity contribution in [3.63, 3.8) is 0 Å². The zero-order valence-electron chi connectivity index (χ0n) is 10.5. The molecule has 3 heteroatoms. The fourth-order valence-electron chi connectivity index (χ4n) is 1.71. The van der Waals surface area contributed by atoms with Crippen LogP contribution in [-0.2, 0) is 11.3 Å². The monoisotopic (exact) mass is 255 g/mol. The third kappa shape index (κ3) is 5.42. The van der Waals surface area contributed by atoms with Crippen LogP contribution in [0.15, 0.2) is 18.2 Å². The minimum atomic E-state index is 0.513. The molecule has 2 N–H and O–H groups in total. The molecule has 0 amide bonds. The molecule has 0 saturated heterocycles. The minimum absolute atomic E-state index is 0.513. The van der Waals surface area contributed by atoms with Crippen molar-refractivity contribution in [3.05, 3.63) is 28.8 Å². The normalized spacial score (nSPS) is 10.7. The van der Waals surface area contributed by atoms with Crippen molar-refractivity contribution in [2.24, 2.45) is 0 Å². The molecule has 0 atom stereocenters. The van der Waals surface area contributed by atoms with Gasteiger partial charge in [-0.2, -0.15) is 0 Å². The topological polar surface area (TPSA) is 35.2 Å². The smallest absolute Gasteiger partial charge is 0.0751 e. The van der Waals surface area contributed by atoms with Crippen LogP contribution in [-0.4, -0.2) is 6.61 Å². The first-order chi connectivity index (χ1) is 8.25. The molecule has 0 spiro atoms. The van der Waals surface area contributed by atoms with Crippen molar-refractivity contribution < 1.29 is 4.74 Å². The highest BCUT2D eigenvalue weighted by molar-refractivity contribution is 6.31.